The molecule has 0 aliphatic heterocycles. The van der Waals surface area contributed by atoms with Gasteiger partial charge in [-0.05, 0) is 35.9 Å². The molecule has 4 nitrogen and oxygen atoms in total. The fourth-order valence-electron chi connectivity index (χ4n) is 2.98. The van der Waals surface area contributed by atoms with Gasteiger partial charge < -0.3 is 4.74 Å². The standard InChI is InChI=1S/C23H18F2N2O2S2/c1-29-17-7-9-18(10-8-17)30-14-21(28)27(13-15-5-3-2-4-6-15)23-26-22-19(25)11-16(24)12-20(22)31-23/h2-12H,13-14H2,1H3. The summed E-state index contributed by atoms with van der Waals surface area (Å²) in [6.45, 7) is 0.284. The Kier molecular flexibility index (Phi) is 6.48. The molecule has 158 valence electrons. The van der Waals surface area contributed by atoms with Gasteiger partial charge in [0.1, 0.15) is 17.1 Å². The van der Waals surface area contributed by atoms with Gasteiger partial charge in [-0.25, -0.2) is 13.8 Å². The number of carbonyl (C=O) groups is 1. The molecule has 0 spiro atoms. The minimum Gasteiger partial charge on any atom is -0.497 e. The van der Waals surface area contributed by atoms with Crippen LogP contribution in [0.15, 0.2) is 71.6 Å². The fraction of sp³-hybridized carbons (Fsp3) is 0.130. The van der Waals surface area contributed by atoms with Crippen LogP contribution in [0.25, 0.3) is 10.2 Å². The second-order valence-electron chi connectivity index (χ2n) is 6.66. The van der Waals surface area contributed by atoms with Gasteiger partial charge in [0.05, 0.1) is 24.1 Å². The smallest absolute Gasteiger partial charge is 0.239 e. The Morgan fingerprint density at radius 3 is 2.55 bits per heavy atom. The second kappa shape index (κ2) is 9.45. The minimum absolute atomic E-state index is 0.0649. The Morgan fingerprint density at radius 1 is 1.10 bits per heavy atom. The van der Waals surface area contributed by atoms with Crippen molar-refractivity contribution < 1.29 is 18.3 Å². The number of halogens is 2. The number of methoxy groups -OCH3 is 1. The van der Waals surface area contributed by atoms with Gasteiger partial charge in [-0.3, -0.25) is 9.69 Å². The van der Waals surface area contributed by atoms with Gasteiger partial charge in [-0.1, -0.05) is 41.7 Å². The molecule has 0 N–H and O–H groups in total. The largest absolute Gasteiger partial charge is 0.497 e. The normalized spacial score (nSPS) is 10.9. The summed E-state index contributed by atoms with van der Waals surface area (Å²) >= 11 is 2.49. The van der Waals surface area contributed by atoms with Gasteiger partial charge in [0.2, 0.25) is 5.91 Å². The van der Waals surface area contributed by atoms with E-state index in [9.17, 15) is 13.6 Å². The first-order valence-electron chi connectivity index (χ1n) is 9.40. The van der Waals surface area contributed by atoms with Crippen molar-refractivity contribution in [3.8, 4) is 5.75 Å². The van der Waals surface area contributed by atoms with E-state index in [1.165, 1.54) is 22.7 Å². The Balaban J connectivity index is 1.60. The highest BCUT2D eigenvalue weighted by atomic mass is 32.2. The van der Waals surface area contributed by atoms with Crippen molar-refractivity contribution in [3.63, 3.8) is 0 Å². The van der Waals surface area contributed by atoms with E-state index in [0.717, 1.165) is 33.6 Å². The van der Waals surface area contributed by atoms with Crippen LogP contribution in [0.5, 0.6) is 5.75 Å². The molecule has 1 amide bonds. The molecular weight excluding hydrogens is 438 g/mol. The van der Waals surface area contributed by atoms with Crippen LogP contribution in [0.2, 0.25) is 0 Å². The Hall–Kier alpha value is -2.97. The number of carbonyl (C=O) groups excluding carboxylic acids is 1. The van der Waals surface area contributed by atoms with Gasteiger partial charge in [0.25, 0.3) is 0 Å². The number of aromatic nitrogens is 1. The van der Waals surface area contributed by atoms with Crippen molar-refractivity contribution in [2.75, 3.05) is 17.8 Å². The zero-order valence-electron chi connectivity index (χ0n) is 16.5. The number of anilines is 1. The van der Waals surface area contributed by atoms with Gasteiger partial charge in [0.15, 0.2) is 10.9 Å². The van der Waals surface area contributed by atoms with Crippen molar-refractivity contribution >= 4 is 44.4 Å². The number of thiazole rings is 1. The maximum absolute atomic E-state index is 14.2. The van der Waals surface area contributed by atoms with Gasteiger partial charge in [-0.2, -0.15) is 0 Å². The Labute approximate surface area is 186 Å². The first-order valence-corrected chi connectivity index (χ1v) is 11.2. The Morgan fingerprint density at radius 2 is 1.84 bits per heavy atom. The number of thioether (sulfide) groups is 1. The lowest BCUT2D eigenvalue weighted by molar-refractivity contribution is -0.116. The van der Waals surface area contributed by atoms with E-state index in [0.29, 0.717) is 9.83 Å². The molecule has 0 atom stereocenters. The third kappa shape index (κ3) is 5.03. The number of nitrogens with zero attached hydrogens (tertiary/aromatic N) is 2. The Bertz CT molecular complexity index is 1200. The second-order valence-corrected chi connectivity index (χ2v) is 8.72. The lowest BCUT2D eigenvalue weighted by Gasteiger charge is -2.20. The molecule has 0 radical (unpaired) electrons. The van der Waals surface area contributed by atoms with Gasteiger partial charge in [0, 0.05) is 11.0 Å². The monoisotopic (exact) mass is 456 g/mol. The molecule has 0 unspecified atom stereocenters. The van der Waals surface area contributed by atoms with Crippen molar-refractivity contribution in [2.24, 2.45) is 0 Å². The van der Waals surface area contributed by atoms with Crippen LogP contribution in [-0.2, 0) is 11.3 Å². The van der Waals surface area contributed by atoms with Crippen molar-refractivity contribution in [3.05, 3.63) is 83.9 Å². The molecule has 0 saturated heterocycles. The van der Waals surface area contributed by atoms with Crippen LogP contribution in [0.1, 0.15) is 5.56 Å². The number of benzene rings is 3. The zero-order valence-corrected chi connectivity index (χ0v) is 18.2. The summed E-state index contributed by atoms with van der Waals surface area (Å²) in [5, 5.41) is 0.337. The van der Waals surface area contributed by atoms with Crippen LogP contribution in [0.4, 0.5) is 13.9 Å². The van der Waals surface area contributed by atoms with E-state index in [1.54, 1.807) is 7.11 Å². The molecule has 4 aromatic rings. The summed E-state index contributed by atoms with van der Waals surface area (Å²) in [5.74, 6) is -0.672. The molecule has 8 heteroatoms. The molecule has 0 aliphatic rings. The average Bonchev–Trinajstić information content (AvgIpc) is 3.21. The summed E-state index contributed by atoms with van der Waals surface area (Å²) < 4.78 is 33.3. The highest BCUT2D eigenvalue weighted by molar-refractivity contribution is 8.00. The topological polar surface area (TPSA) is 42.4 Å². The number of fused-ring (bicyclic) bond motifs is 1. The predicted octanol–water partition coefficient (Wildman–Crippen LogP) is 5.91. The van der Waals surface area contributed by atoms with E-state index < -0.39 is 11.6 Å². The maximum atomic E-state index is 14.2. The molecular formula is C23H18F2N2O2S2. The molecule has 0 bridgehead atoms. The number of rotatable bonds is 7. The molecule has 4 rings (SSSR count). The molecule has 31 heavy (non-hydrogen) atoms. The van der Waals surface area contributed by atoms with Crippen LogP contribution in [0, 0.1) is 11.6 Å². The molecule has 0 saturated carbocycles. The lowest BCUT2D eigenvalue weighted by atomic mass is 10.2. The zero-order chi connectivity index (χ0) is 21.8. The third-order valence-electron chi connectivity index (χ3n) is 4.54. The summed E-state index contributed by atoms with van der Waals surface area (Å²) in [5.41, 5.74) is 0.978. The van der Waals surface area contributed by atoms with E-state index in [1.807, 2.05) is 54.6 Å². The van der Waals surface area contributed by atoms with Crippen molar-refractivity contribution in [1.29, 1.82) is 0 Å². The maximum Gasteiger partial charge on any atom is 0.239 e. The van der Waals surface area contributed by atoms with Crippen LogP contribution >= 0.6 is 23.1 Å². The summed E-state index contributed by atoms with van der Waals surface area (Å²) in [7, 11) is 1.60. The molecule has 1 aromatic heterocycles. The highest BCUT2D eigenvalue weighted by Gasteiger charge is 2.22. The summed E-state index contributed by atoms with van der Waals surface area (Å²) in [6, 6.07) is 18.9. The predicted molar refractivity (Wildman–Crippen MR) is 121 cm³/mol. The number of hydrogen-bond acceptors (Lipinski definition) is 5. The SMILES string of the molecule is COc1ccc(SCC(=O)N(Cc2ccccc2)c2nc3c(F)cc(F)cc3s2)cc1. The van der Waals surface area contributed by atoms with Gasteiger partial charge in [-0.15, -0.1) is 11.8 Å². The summed E-state index contributed by atoms with van der Waals surface area (Å²) in [6.07, 6.45) is 0. The highest BCUT2D eigenvalue weighted by Crippen LogP contribution is 2.33. The van der Waals surface area contributed by atoms with Crippen LogP contribution < -0.4 is 9.64 Å². The molecule has 0 fully saturated rings. The summed E-state index contributed by atoms with van der Waals surface area (Å²) in [4.78, 5) is 19.9. The number of ether oxygens (including phenoxy) is 1. The first kappa shape index (κ1) is 21.3. The number of amides is 1. The number of hydrogen-bond donors (Lipinski definition) is 0. The average molecular weight is 457 g/mol. The van der Waals surface area contributed by atoms with E-state index in [-0.39, 0.29) is 23.7 Å². The van der Waals surface area contributed by atoms with E-state index in [4.69, 9.17) is 4.74 Å². The van der Waals surface area contributed by atoms with E-state index >= 15 is 0 Å². The van der Waals surface area contributed by atoms with Crippen molar-refractivity contribution in [2.45, 2.75) is 11.4 Å². The van der Waals surface area contributed by atoms with Crippen LogP contribution in [-0.4, -0.2) is 23.8 Å². The fourth-order valence-corrected chi connectivity index (χ4v) is 4.78. The molecule has 0 aliphatic carbocycles. The lowest BCUT2D eigenvalue weighted by Crippen LogP contribution is -2.31. The first-order chi connectivity index (χ1) is 15.0. The van der Waals surface area contributed by atoms with Crippen molar-refractivity contribution in [1.82, 2.24) is 4.98 Å². The quantitative estimate of drug-likeness (QED) is 0.324. The third-order valence-corrected chi connectivity index (χ3v) is 6.56. The van der Waals surface area contributed by atoms with Gasteiger partial charge >= 0.3 is 0 Å². The van der Waals surface area contributed by atoms with Crippen LogP contribution in [0.3, 0.4) is 0 Å². The molecule has 3 aromatic carbocycles. The van der Waals surface area contributed by atoms with E-state index in [2.05, 4.69) is 4.98 Å². The molecule has 1 heterocycles. The minimum atomic E-state index is -0.739.